The minimum Gasteiger partial charge on any atom is -0.490 e. The van der Waals surface area contributed by atoms with Gasteiger partial charge in [-0.25, -0.2) is 18.4 Å². The third-order valence-electron chi connectivity index (χ3n) is 5.74. The summed E-state index contributed by atoms with van der Waals surface area (Å²) in [6, 6.07) is 12.8. The summed E-state index contributed by atoms with van der Waals surface area (Å²) >= 11 is 0. The Hall–Kier alpha value is -2.59. The molecule has 35 heavy (non-hydrogen) atoms. The summed E-state index contributed by atoms with van der Waals surface area (Å²) in [6.07, 6.45) is 8.26. The highest BCUT2D eigenvalue weighted by molar-refractivity contribution is 7.90. The van der Waals surface area contributed by atoms with E-state index >= 15 is 0 Å². The van der Waals surface area contributed by atoms with E-state index in [0.29, 0.717) is 10.6 Å². The van der Waals surface area contributed by atoms with Gasteiger partial charge in [0, 0.05) is 49.3 Å². The van der Waals surface area contributed by atoms with Crippen LogP contribution in [-0.2, 0) is 9.84 Å². The van der Waals surface area contributed by atoms with Crippen LogP contribution in [0.3, 0.4) is 0 Å². The van der Waals surface area contributed by atoms with Crippen molar-refractivity contribution in [2.75, 3.05) is 24.2 Å². The van der Waals surface area contributed by atoms with E-state index in [1.807, 2.05) is 18.3 Å². The lowest BCUT2D eigenvalue weighted by atomic mass is 10.0. The molecule has 1 fully saturated rings. The molecule has 0 aliphatic carbocycles. The van der Waals surface area contributed by atoms with Gasteiger partial charge in [0.05, 0.1) is 16.6 Å². The quantitative estimate of drug-likeness (QED) is 0.378. The summed E-state index contributed by atoms with van der Waals surface area (Å²) < 4.78 is 29.3. The van der Waals surface area contributed by atoms with Gasteiger partial charge < -0.3 is 9.64 Å². The number of nitrogens with one attached hydrogen (secondary N) is 1. The Labute approximate surface area is 222 Å². The van der Waals surface area contributed by atoms with E-state index in [-0.39, 0.29) is 43.3 Å². The molecular formula is C23H26Cl3N5O3S. The molecule has 1 saturated heterocycles. The number of H-pyrrole nitrogens is 1. The molecule has 0 radical (unpaired) electrons. The van der Waals surface area contributed by atoms with Gasteiger partial charge in [0.25, 0.3) is 0 Å². The summed E-state index contributed by atoms with van der Waals surface area (Å²) in [6.45, 7) is 1.63. The lowest BCUT2D eigenvalue weighted by molar-refractivity contribution is 0.170. The maximum absolute atomic E-state index is 11.6. The van der Waals surface area contributed by atoms with E-state index < -0.39 is 9.84 Å². The standard InChI is InChI=1S/C23H23N5O3S.3ClH/c1-32(29,30)20-5-3-18(4-6-20)31-19-8-10-28(11-9-19)23-21-12-16(17-13-26-27-14-17)2-7-22(21)24-15-25-23;;;/h2-7,12-15,19H,8-11H2,1H3,(H,26,27);3*1H. The molecule has 8 nitrogen and oxygen atoms in total. The number of benzene rings is 2. The van der Waals surface area contributed by atoms with E-state index in [1.54, 1.807) is 36.8 Å². The first-order valence-electron chi connectivity index (χ1n) is 10.4. The molecule has 2 aromatic heterocycles. The average molecular weight is 559 g/mol. The normalized spacial score (nSPS) is 13.9. The molecule has 0 unspecified atom stereocenters. The summed E-state index contributed by atoms with van der Waals surface area (Å²) in [4.78, 5) is 11.6. The summed E-state index contributed by atoms with van der Waals surface area (Å²) in [5, 5.41) is 7.91. The Morgan fingerprint density at radius 3 is 2.31 bits per heavy atom. The second-order valence-electron chi connectivity index (χ2n) is 7.96. The highest BCUT2D eigenvalue weighted by Crippen LogP contribution is 2.30. The topological polar surface area (TPSA) is 101 Å². The van der Waals surface area contributed by atoms with Crippen molar-refractivity contribution >= 4 is 63.8 Å². The van der Waals surface area contributed by atoms with E-state index in [4.69, 9.17) is 4.74 Å². The molecule has 12 heteroatoms. The molecule has 0 saturated carbocycles. The van der Waals surface area contributed by atoms with Gasteiger partial charge >= 0.3 is 0 Å². The fourth-order valence-corrected chi connectivity index (χ4v) is 4.66. The van der Waals surface area contributed by atoms with Crippen LogP contribution in [-0.4, -0.2) is 54.0 Å². The predicted octanol–water partition coefficient (Wildman–Crippen LogP) is 4.74. The Morgan fingerprint density at radius 1 is 0.971 bits per heavy atom. The van der Waals surface area contributed by atoms with Crippen molar-refractivity contribution in [3.63, 3.8) is 0 Å². The van der Waals surface area contributed by atoms with Crippen LogP contribution in [0.1, 0.15) is 12.8 Å². The number of aromatic nitrogens is 4. The molecule has 0 bridgehead atoms. The van der Waals surface area contributed by atoms with Crippen molar-refractivity contribution < 1.29 is 13.2 Å². The second kappa shape index (κ2) is 11.9. The number of piperidine rings is 1. The number of hydrogen-bond donors (Lipinski definition) is 1. The van der Waals surface area contributed by atoms with Gasteiger partial charge in [0.15, 0.2) is 9.84 Å². The minimum atomic E-state index is -3.21. The zero-order chi connectivity index (χ0) is 22.1. The fraction of sp³-hybridized carbons (Fsp3) is 0.261. The maximum atomic E-state index is 11.6. The monoisotopic (exact) mass is 557 g/mol. The van der Waals surface area contributed by atoms with Gasteiger partial charge in [-0.3, -0.25) is 5.10 Å². The molecule has 0 amide bonds. The number of ether oxygens (including phenoxy) is 1. The summed E-state index contributed by atoms with van der Waals surface area (Å²) in [7, 11) is -3.21. The molecule has 1 aliphatic rings. The Bertz CT molecular complexity index is 1340. The van der Waals surface area contributed by atoms with Crippen LogP contribution in [0.25, 0.3) is 22.0 Å². The van der Waals surface area contributed by atoms with Crippen molar-refractivity contribution in [2.45, 2.75) is 23.8 Å². The largest absolute Gasteiger partial charge is 0.490 e. The van der Waals surface area contributed by atoms with Gasteiger partial charge in [0.1, 0.15) is 24.0 Å². The van der Waals surface area contributed by atoms with Crippen LogP contribution in [0.4, 0.5) is 5.82 Å². The van der Waals surface area contributed by atoms with E-state index in [1.165, 1.54) is 6.26 Å². The molecule has 1 aliphatic heterocycles. The van der Waals surface area contributed by atoms with Crippen molar-refractivity contribution in [2.24, 2.45) is 0 Å². The fourth-order valence-electron chi connectivity index (χ4n) is 4.03. The number of halogens is 3. The molecular weight excluding hydrogens is 533 g/mol. The van der Waals surface area contributed by atoms with Gasteiger partial charge in [0.2, 0.25) is 0 Å². The number of fused-ring (bicyclic) bond motifs is 1. The first-order valence-corrected chi connectivity index (χ1v) is 12.3. The first kappa shape index (κ1) is 28.6. The second-order valence-corrected chi connectivity index (χ2v) is 9.98. The minimum absolute atomic E-state index is 0. The first-order chi connectivity index (χ1) is 15.5. The smallest absolute Gasteiger partial charge is 0.175 e. The van der Waals surface area contributed by atoms with Crippen molar-refractivity contribution in [1.82, 2.24) is 20.2 Å². The lowest BCUT2D eigenvalue weighted by Gasteiger charge is -2.33. The van der Waals surface area contributed by atoms with Crippen molar-refractivity contribution in [1.29, 1.82) is 0 Å². The van der Waals surface area contributed by atoms with Crippen LogP contribution in [0.15, 0.2) is 66.1 Å². The van der Waals surface area contributed by atoms with Crippen molar-refractivity contribution in [3.05, 3.63) is 61.2 Å². The number of aromatic amines is 1. The molecule has 1 N–H and O–H groups in total. The molecule has 4 aromatic rings. The molecule has 2 aromatic carbocycles. The lowest BCUT2D eigenvalue weighted by Crippen LogP contribution is -2.38. The molecule has 188 valence electrons. The van der Waals surface area contributed by atoms with Crippen LogP contribution in [0.5, 0.6) is 5.75 Å². The third-order valence-corrected chi connectivity index (χ3v) is 6.87. The highest BCUT2D eigenvalue weighted by atomic mass is 35.5. The summed E-state index contributed by atoms with van der Waals surface area (Å²) in [5.41, 5.74) is 3.00. The van der Waals surface area contributed by atoms with Crippen LogP contribution < -0.4 is 9.64 Å². The van der Waals surface area contributed by atoms with E-state index in [9.17, 15) is 8.42 Å². The summed E-state index contributed by atoms with van der Waals surface area (Å²) in [5.74, 6) is 1.62. The highest BCUT2D eigenvalue weighted by Gasteiger charge is 2.23. The van der Waals surface area contributed by atoms with Crippen molar-refractivity contribution in [3.8, 4) is 16.9 Å². The van der Waals surface area contributed by atoms with Gasteiger partial charge in [-0.1, -0.05) is 6.07 Å². The van der Waals surface area contributed by atoms with Gasteiger partial charge in [-0.15, -0.1) is 37.2 Å². The molecule has 3 heterocycles. The third kappa shape index (κ3) is 6.35. The number of anilines is 1. The van der Waals surface area contributed by atoms with Gasteiger partial charge in [-0.05, 0) is 42.0 Å². The maximum Gasteiger partial charge on any atom is 0.175 e. The zero-order valence-corrected chi connectivity index (χ0v) is 22.1. The Balaban J connectivity index is 0.00000144. The Morgan fingerprint density at radius 2 is 1.69 bits per heavy atom. The van der Waals surface area contributed by atoms with Crippen LogP contribution in [0.2, 0.25) is 0 Å². The number of sulfone groups is 1. The molecule has 0 spiro atoms. The van der Waals surface area contributed by atoms with E-state index in [2.05, 4.69) is 31.1 Å². The number of nitrogens with zero attached hydrogens (tertiary/aromatic N) is 4. The average Bonchev–Trinajstić information content (AvgIpc) is 3.34. The van der Waals surface area contributed by atoms with Crippen LogP contribution >= 0.6 is 37.2 Å². The van der Waals surface area contributed by atoms with Gasteiger partial charge in [-0.2, -0.15) is 5.10 Å². The number of hydrogen-bond acceptors (Lipinski definition) is 7. The Kier molecular flexibility index (Phi) is 9.74. The molecule has 5 rings (SSSR count). The SMILES string of the molecule is CS(=O)(=O)c1ccc(OC2CCN(c3ncnc4ccc(-c5cn[nH]c5)cc34)CC2)cc1.Cl.Cl.Cl. The van der Waals surface area contributed by atoms with Crippen LogP contribution in [0, 0.1) is 0 Å². The predicted molar refractivity (Wildman–Crippen MR) is 144 cm³/mol. The number of rotatable bonds is 5. The van der Waals surface area contributed by atoms with E-state index in [0.717, 1.165) is 53.8 Å². The zero-order valence-electron chi connectivity index (χ0n) is 18.8. The molecule has 0 atom stereocenters.